The van der Waals surface area contributed by atoms with Gasteiger partial charge in [0.05, 0.1) is 23.9 Å². The van der Waals surface area contributed by atoms with Crippen LogP contribution in [0.3, 0.4) is 0 Å². The molecule has 1 saturated carbocycles. The minimum absolute atomic E-state index is 0.236. The number of hydrogen-bond acceptors (Lipinski definition) is 4. The van der Waals surface area contributed by atoms with Gasteiger partial charge in [0.25, 0.3) is 0 Å². The Kier molecular flexibility index (Phi) is 4.87. The van der Waals surface area contributed by atoms with E-state index in [4.69, 9.17) is 9.47 Å². The highest BCUT2D eigenvalue weighted by molar-refractivity contribution is 6.07. The zero-order chi connectivity index (χ0) is 22.6. The van der Waals surface area contributed by atoms with E-state index in [-0.39, 0.29) is 19.4 Å². The van der Waals surface area contributed by atoms with E-state index in [0.717, 1.165) is 0 Å². The molecule has 6 nitrogen and oxygen atoms in total. The third-order valence-electron chi connectivity index (χ3n) is 5.81. The summed E-state index contributed by atoms with van der Waals surface area (Å²) < 4.78 is 38.0. The van der Waals surface area contributed by atoms with E-state index in [1.54, 1.807) is 51.2 Å². The van der Waals surface area contributed by atoms with Gasteiger partial charge in [0.1, 0.15) is 5.60 Å². The first-order valence-electron chi connectivity index (χ1n) is 10.2. The predicted octanol–water partition coefficient (Wildman–Crippen LogP) is 5.35. The molecule has 2 heterocycles. The molecular weight excluding hydrogens is 406 g/mol. The average molecular weight is 432 g/mol. The second kappa shape index (κ2) is 7.07. The molecule has 0 radical (unpaired) electrons. The Labute approximate surface area is 179 Å². The first-order chi connectivity index (χ1) is 14.4. The Bertz CT molecular complexity index is 1070. The number of halogens is 2. The Balaban J connectivity index is 1.82. The van der Waals surface area contributed by atoms with Gasteiger partial charge in [0.15, 0.2) is 0 Å². The number of fused-ring (bicyclic) bond motifs is 1. The number of benzene rings is 1. The number of carbonyl (C=O) groups is 2. The Hall–Kier alpha value is -2.90. The first kappa shape index (κ1) is 21.3. The van der Waals surface area contributed by atoms with Crippen LogP contribution in [0.4, 0.5) is 13.6 Å². The van der Waals surface area contributed by atoms with E-state index >= 15 is 0 Å². The van der Waals surface area contributed by atoms with Gasteiger partial charge in [0.2, 0.25) is 5.92 Å². The van der Waals surface area contributed by atoms with Gasteiger partial charge in [-0.05, 0) is 45.4 Å². The van der Waals surface area contributed by atoms with Crippen molar-refractivity contribution in [2.75, 3.05) is 13.7 Å². The highest BCUT2D eigenvalue weighted by atomic mass is 19.3. The molecule has 1 spiro atoms. The van der Waals surface area contributed by atoms with Crippen molar-refractivity contribution in [1.29, 1.82) is 0 Å². The normalized spacial score (nSPS) is 19.7. The van der Waals surface area contributed by atoms with Crippen molar-refractivity contribution in [2.24, 2.45) is 5.41 Å². The second-order valence-corrected chi connectivity index (χ2v) is 9.40. The van der Waals surface area contributed by atoms with Gasteiger partial charge < -0.3 is 14.5 Å². The van der Waals surface area contributed by atoms with Crippen LogP contribution < -0.4 is 0 Å². The summed E-state index contributed by atoms with van der Waals surface area (Å²) in [4.78, 5) is 29.7. The number of esters is 1. The standard InChI is InChI=1S/C23H26F2N2O4/c1-21(2,3)31-20(29)27-10-8-22(12-23(24,25)13-22)11-17(27)16-6-5-15(19(28)30-4)14-7-9-26-18(14)16/h5-7,9,11,26H,8,10,12-13H2,1-4H3. The SMILES string of the molecule is COC(=O)c1ccc(C2=CC3(CCN2C(=O)OC(C)(C)C)CC(F)(F)C3)c2[nH]ccc12. The van der Waals surface area contributed by atoms with Crippen molar-refractivity contribution in [1.82, 2.24) is 9.88 Å². The first-order valence-corrected chi connectivity index (χ1v) is 10.2. The van der Waals surface area contributed by atoms with Crippen LogP contribution in [0.1, 0.15) is 56.0 Å². The van der Waals surface area contributed by atoms with E-state index in [0.29, 0.717) is 34.1 Å². The van der Waals surface area contributed by atoms with Crippen LogP contribution in [0.15, 0.2) is 30.5 Å². The lowest BCUT2D eigenvalue weighted by molar-refractivity contribution is -0.146. The molecule has 1 aliphatic heterocycles. The molecule has 2 aliphatic rings. The molecule has 1 aliphatic carbocycles. The quantitative estimate of drug-likeness (QED) is 0.649. The molecule has 4 rings (SSSR count). The van der Waals surface area contributed by atoms with Crippen molar-refractivity contribution < 1.29 is 27.8 Å². The van der Waals surface area contributed by atoms with Gasteiger partial charge in [-0.1, -0.05) is 6.08 Å². The van der Waals surface area contributed by atoms with Crippen LogP contribution in [-0.4, -0.2) is 47.1 Å². The fourth-order valence-electron chi connectivity index (χ4n) is 4.54. The number of aromatic nitrogens is 1. The summed E-state index contributed by atoms with van der Waals surface area (Å²) >= 11 is 0. The Morgan fingerprint density at radius 1 is 1.16 bits per heavy atom. The minimum atomic E-state index is -2.69. The minimum Gasteiger partial charge on any atom is -0.465 e. The average Bonchev–Trinajstić information content (AvgIpc) is 3.13. The number of methoxy groups -OCH3 is 1. The molecule has 0 saturated heterocycles. The number of hydrogen-bond donors (Lipinski definition) is 1. The van der Waals surface area contributed by atoms with Crippen molar-refractivity contribution in [2.45, 2.75) is 51.6 Å². The molecule has 1 amide bonds. The molecule has 0 bridgehead atoms. The highest BCUT2D eigenvalue weighted by Gasteiger charge is 2.56. The topological polar surface area (TPSA) is 71.6 Å². The molecule has 1 aromatic carbocycles. The Morgan fingerprint density at radius 3 is 2.48 bits per heavy atom. The number of allylic oxidation sites excluding steroid dienone is 1. The van der Waals surface area contributed by atoms with E-state index in [1.165, 1.54) is 12.0 Å². The number of alkyl halides is 2. The molecule has 2 aromatic rings. The van der Waals surface area contributed by atoms with E-state index in [2.05, 4.69) is 4.98 Å². The van der Waals surface area contributed by atoms with Crippen LogP contribution in [0.2, 0.25) is 0 Å². The number of aromatic amines is 1. The lowest BCUT2D eigenvalue weighted by atomic mass is 9.62. The number of rotatable bonds is 2. The van der Waals surface area contributed by atoms with E-state index < -0.39 is 29.0 Å². The smallest absolute Gasteiger partial charge is 0.414 e. The van der Waals surface area contributed by atoms with Gasteiger partial charge in [0, 0.05) is 41.9 Å². The van der Waals surface area contributed by atoms with Crippen molar-refractivity contribution >= 4 is 28.7 Å². The summed E-state index contributed by atoms with van der Waals surface area (Å²) in [6, 6.07) is 5.09. The number of H-pyrrole nitrogens is 1. The molecule has 1 aromatic heterocycles. The third kappa shape index (κ3) is 3.91. The molecule has 1 N–H and O–H groups in total. The largest absolute Gasteiger partial charge is 0.465 e. The fourth-order valence-corrected chi connectivity index (χ4v) is 4.54. The van der Waals surface area contributed by atoms with Crippen molar-refractivity contribution in [3.8, 4) is 0 Å². The lowest BCUT2D eigenvalue weighted by Crippen LogP contribution is -2.50. The summed E-state index contributed by atoms with van der Waals surface area (Å²) in [6.45, 7) is 5.61. The van der Waals surface area contributed by atoms with E-state index in [9.17, 15) is 18.4 Å². The number of amides is 1. The van der Waals surface area contributed by atoms with Gasteiger partial charge in [-0.3, -0.25) is 4.90 Å². The van der Waals surface area contributed by atoms with Gasteiger partial charge in [-0.2, -0.15) is 0 Å². The van der Waals surface area contributed by atoms with Gasteiger partial charge in [-0.25, -0.2) is 18.4 Å². The fraction of sp³-hybridized carbons (Fsp3) is 0.478. The number of carbonyl (C=O) groups excluding carboxylic acids is 2. The maximum absolute atomic E-state index is 13.8. The number of nitrogens with zero attached hydrogens (tertiary/aromatic N) is 1. The highest BCUT2D eigenvalue weighted by Crippen LogP contribution is 2.57. The molecule has 0 unspecified atom stereocenters. The third-order valence-corrected chi connectivity index (χ3v) is 5.81. The Morgan fingerprint density at radius 2 is 1.87 bits per heavy atom. The van der Waals surface area contributed by atoms with Crippen LogP contribution in [-0.2, 0) is 9.47 Å². The molecule has 31 heavy (non-hydrogen) atoms. The maximum atomic E-state index is 13.8. The second-order valence-electron chi connectivity index (χ2n) is 9.40. The number of nitrogens with one attached hydrogen (secondary N) is 1. The summed E-state index contributed by atoms with van der Waals surface area (Å²) in [6.07, 6.45) is 2.91. The lowest BCUT2D eigenvalue weighted by Gasteiger charge is -2.49. The van der Waals surface area contributed by atoms with Crippen LogP contribution >= 0.6 is 0 Å². The van der Waals surface area contributed by atoms with Crippen molar-refractivity contribution in [3.05, 3.63) is 41.6 Å². The zero-order valence-electron chi connectivity index (χ0n) is 18.1. The molecule has 0 atom stereocenters. The monoisotopic (exact) mass is 432 g/mol. The predicted molar refractivity (Wildman–Crippen MR) is 112 cm³/mol. The summed E-state index contributed by atoms with van der Waals surface area (Å²) in [5.41, 5.74) is 0.820. The maximum Gasteiger partial charge on any atom is 0.414 e. The summed E-state index contributed by atoms with van der Waals surface area (Å²) in [7, 11) is 1.31. The summed E-state index contributed by atoms with van der Waals surface area (Å²) in [5, 5.41) is 0.632. The van der Waals surface area contributed by atoms with Crippen molar-refractivity contribution in [3.63, 3.8) is 0 Å². The number of ether oxygens (including phenoxy) is 2. The molecule has 8 heteroatoms. The van der Waals surface area contributed by atoms with E-state index in [1.807, 2.05) is 0 Å². The molecular formula is C23H26F2N2O4. The summed E-state index contributed by atoms with van der Waals surface area (Å²) in [5.74, 6) is -3.17. The molecule has 166 valence electrons. The van der Waals surface area contributed by atoms with Crippen LogP contribution in [0.5, 0.6) is 0 Å². The molecule has 1 fully saturated rings. The van der Waals surface area contributed by atoms with Gasteiger partial charge >= 0.3 is 12.1 Å². The zero-order valence-corrected chi connectivity index (χ0v) is 18.1. The van der Waals surface area contributed by atoms with Gasteiger partial charge in [-0.15, -0.1) is 0 Å². The van der Waals surface area contributed by atoms with Crippen LogP contribution in [0.25, 0.3) is 16.6 Å². The van der Waals surface area contributed by atoms with Crippen LogP contribution in [0, 0.1) is 5.41 Å².